The summed E-state index contributed by atoms with van der Waals surface area (Å²) in [5.74, 6) is 0.514. The number of hydrogen-bond acceptors (Lipinski definition) is 3. The first kappa shape index (κ1) is 13.7. The first-order valence-corrected chi connectivity index (χ1v) is 6.85. The van der Waals surface area contributed by atoms with E-state index in [4.69, 9.17) is 10.5 Å². The normalized spacial score (nSPS) is 10.7. The van der Waals surface area contributed by atoms with E-state index in [0.717, 1.165) is 15.5 Å². The summed E-state index contributed by atoms with van der Waals surface area (Å²) in [5.41, 5.74) is 6.51. The van der Waals surface area contributed by atoms with Crippen LogP contribution in [0.15, 0.2) is 52.3 Å². The Bertz CT molecular complexity index is 555. The first-order valence-electron chi connectivity index (χ1n) is 6.03. The van der Waals surface area contributed by atoms with Gasteiger partial charge in [-0.15, -0.1) is 0 Å². The molecule has 2 aromatic rings. The molecule has 0 aromatic heterocycles. The van der Waals surface area contributed by atoms with Gasteiger partial charge in [0.15, 0.2) is 0 Å². The number of ether oxygens (including phenoxy) is 1. The van der Waals surface area contributed by atoms with Crippen LogP contribution in [0.3, 0.4) is 0 Å². The number of anilines is 1. The Kier molecular flexibility index (Phi) is 4.32. The zero-order valence-electron chi connectivity index (χ0n) is 10.9. The van der Waals surface area contributed by atoms with Gasteiger partial charge in [-0.3, -0.25) is 0 Å². The fraction of sp³-hybridized carbons (Fsp3) is 0.200. The fourth-order valence-corrected chi connectivity index (χ4v) is 2.55. The molecule has 100 valence electrons. The minimum atomic E-state index is -0.235. The van der Waals surface area contributed by atoms with Gasteiger partial charge in [-0.1, -0.05) is 11.8 Å². The Morgan fingerprint density at radius 1 is 1.05 bits per heavy atom. The molecule has 0 fully saturated rings. The van der Waals surface area contributed by atoms with E-state index in [1.807, 2.05) is 26.0 Å². The summed E-state index contributed by atoms with van der Waals surface area (Å²) in [6.45, 7) is 3.94. The zero-order valence-corrected chi connectivity index (χ0v) is 11.7. The molecular weight excluding hydrogens is 261 g/mol. The van der Waals surface area contributed by atoms with Gasteiger partial charge in [0.1, 0.15) is 11.6 Å². The summed E-state index contributed by atoms with van der Waals surface area (Å²) in [6.07, 6.45) is 0.102. The highest BCUT2D eigenvalue weighted by atomic mass is 32.2. The topological polar surface area (TPSA) is 35.2 Å². The Balaban J connectivity index is 2.19. The van der Waals surface area contributed by atoms with Gasteiger partial charge in [0.05, 0.1) is 6.10 Å². The number of nitrogens with two attached hydrogens (primary N) is 1. The van der Waals surface area contributed by atoms with Crippen LogP contribution in [0.5, 0.6) is 5.75 Å². The summed E-state index contributed by atoms with van der Waals surface area (Å²) < 4.78 is 18.5. The lowest BCUT2D eigenvalue weighted by molar-refractivity contribution is 0.242. The van der Waals surface area contributed by atoms with Crippen molar-refractivity contribution in [1.82, 2.24) is 0 Å². The van der Waals surface area contributed by atoms with Crippen LogP contribution in [-0.4, -0.2) is 6.10 Å². The van der Waals surface area contributed by atoms with Crippen LogP contribution in [0.1, 0.15) is 13.8 Å². The van der Waals surface area contributed by atoms with Crippen LogP contribution in [0, 0.1) is 5.82 Å². The van der Waals surface area contributed by atoms with E-state index in [2.05, 4.69) is 0 Å². The van der Waals surface area contributed by atoms with Crippen molar-refractivity contribution in [2.24, 2.45) is 0 Å². The van der Waals surface area contributed by atoms with Gasteiger partial charge in [-0.2, -0.15) is 0 Å². The van der Waals surface area contributed by atoms with E-state index in [0.29, 0.717) is 5.69 Å². The molecule has 2 N–H and O–H groups in total. The molecule has 2 rings (SSSR count). The molecule has 0 heterocycles. The molecule has 0 radical (unpaired) electrons. The molecule has 0 aliphatic heterocycles. The Labute approximate surface area is 116 Å². The fourth-order valence-electron chi connectivity index (χ4n) is 1.63. The van der Waals surface area contributed by atoms with Gasteiger partial charge in [0.2, 0.25) is 0 Å². The Morgan fingerprint density at radius 2 is 1.74 bits per heavy atom. The lowest BCUT2D eigenvalue weighted by atomic mass is 10.3. The molecule has 0 saturated heterocycles. The standard InChI is InChI=1S/C15H16FNOS/c1-10(2)18-13-7-12(17)8-15(9-13)19-14-5-3-11(16)4-6-14/h3-10H,17H2,1-2H3. The Hall–Kier alpha value is -1.68. The molecule has 2 nitrogen and oxygen atoms in total. The van der Waals surface area contributed by atoms with Crippen LogP contribution in [0.2, 0.25) is 0 Å². The van der Waals surface area contributed by atoms with Crippen molar-refractivity contribution in [1.29, 1.82) is 0 Å². The highest BCUT2D eigenvalue weighted by Gasteiger charge is 2.04. The molecule has 0 unspecified atom stereocenters. The predicted octanol–water partition coefficient (Wildman–Crippen LogP) is 4.35. The molecule has 0 aliphatic carbocycles. The van der Waals surface area contributed by atoms with E-state index >= 15 is 0 Å². The molecule has 4 heteroatoms. The molecule has 0 amide bonds. The Morgan fingerprint density at radius 3 is 2.37 bits per heavy atom. The van der Waals surface area contributed by atoms with Gasteiger partial charge >= 0.3 is 0 Å². The number of hydrogen-bond donors (Lipinski definition) is 1. The van der Waals surface area contributed by atoms with Crippen LogP contribution < -0.4 is 10.5 Å². The van der Waals surface area contributed by atoms with Crippen molar-refractivity contribution < 1.29 is 9.13 Å². The summed E-state index contributed by atoms with van der Waals surface area (Å²) in [4.78, 5) is 1.93. The maximum atomic E-state index is 12.8. The molecule has 0 spiro atoms. The van der Waals surface area contributed by atoms with Crippen LogP contribution in [-0.2, 0) is 0 Å². The predicted molar refractivity (Wildman–Crippen MR) is 77.1 cm³/mol. The van der Waals surface area contributed by atoms with Gasteiger partial charge in [-0.05, 0) is 50.2 Å². The highest BCUT2D eigenvalue weighted by Crippen LogP contribution is 2.32. The monoisotopic (exact) mass is 277 g/mol. The SMILES string of the molecule is CC(C)Oc1cc(N)cc(Sc2ccc(F)cc2)c1. The van der Waals surface area contributed by atoms with Crippen LogP contribution in [0.4, 0.5) is 10.1 Å². The minimum Gasteiger partial charge on any atom is -0.491 e. The molecule has 0 atom stereocenters. The minimum absolute atomic E-state index is 0.102. The van der Waals surface area contributed by atoms with E-state index in [1.54, 1.807) is 18.2 Å². The molecule has 19 heavy (non-hydrogen) atoms. The summed E-state index contributed by atoms with van der Waals surface area (Å²) in [6, 6.07) is 12.0. The van der Waals surface area contributed by atoms with Gasteiger partial charge < -0.3 is 10.5 Å². The lowest BCUT2D eigenvalue weighted by Crippen LogP contribution is -2.05. The number of rotatable bonds is 4. The van der Waals surface area contributed by atoms with Crippen molar-refractivity contribution in [3.8, 4) is 5.75 Å². The van der Waals surface area contributed by atoms with E-state index < -0.39 is 0 Å². The maximum absolute atomic E-state index is 12.8. The second-order valence-electron chi connectivity index (χ2n) is 4.46. The number of halogens is 1. The molecule has 2 aromatic carbocycles. The van der Waals surface area contributed by atoms with E-state index in [-0.39, 0.29) is 11.9 Å². The molecule has 0 bridgehead atoms. The van der Waals surface area contributed by atoms with Gasteiger partial charge in [-0.25, -0.2) is 4.39 Å². The van der Waals surface area contributed by atoms with Gasteiger partial charge in [0, 0.05) is 21.5 Å². The summed E-state index contributed by atoms with van der Waals surface area (Å²) in [7, 11) is 0. The average Bonchev–Trinajstić information content (AvgIpc) is 2.30. The van der Waals surface area contributed by atoms with Gasteiger partial charge in [0.25, 0.3) is 0 Å². The van der Waals surface area contributed by atoms with E-state index in [9.17, 15) is 4.39 Å². The van der Waals surface area contributed by atoms with Crippen LogP contribution >= 0.6 is 11.8 Å². The van der Waals surface area contributed by atoms with Crippen molar-refractivity contribution in [2.75, 3.05) is 5.73 Å². The number of benzene rings is 2. The third kappa shape index (κ3) is 4.17. The van der Waals surface area contributed by atoms with Crippen molar-refractivity contribution >= 4 is 17.4 Å². The molecular formula is C15H16FNOS. The van der Waals surface area contributed by atoms with E-state index in [1.165, 1.54) is 23.9 Å². The largest absolute Gasteiger partial charge is 0.491 e. The third-order valence-electron chi connectivity index (χ3n) is 2.32. The highest BCUT2D eigenvalue weighted by molar-refractivity contribution is 7.99. The molecule has 0 saturated carbocycles. The molecule has 0 aliphatic rings. The summed E-state index contributed by atoms with van der Waals surface area (Å²) >= 11 is 1.53. The quantitative estimate of drug-likeness (QED) is 0.844. The second-order valence-corrected chi connectivity index (χ2v) is 5.61. The smallest absolute Gasteiger partial charge is 0.123 e. The lowest BCUT2D eigenvalue weighted by Gasteiger charge is -2.12. The summed E-state index contributed by atoms with van der Waals surface area (Å²) in [5, 5.41) is 0. The van der Waals surface area contributed by atoms with Crippen LogP contribution in [0.25, 0.3) is 0 Å². The number of nitrogen functional groups attached to an aromatic ring is 1. The third-order valence-corrected chi connectivity index (χ3v) is 3.30. The van der Waals surface area contributed by atoms with Crippen molar-refractivity contribution in [3.05, 3.63) is 48.3 Å². The average molecular weight is 277 g/mol. The van der Waals surface area contributed by atoms with Crippen molar-refractivity contribution in [2.45, 2.75) is 29.7 Å². The zero-order chi connectivity index (χ0) is 13.8. The maximum Gasteiger partial charge on any atom is 0.123 e. The second kappa shape index (κ2) is 5.97. The first-order chi connectivity index (χ1) is 9.02. The van der Waals surface area contributed by atoms with Crippen molar-refractivity contribution in [3.63, 3.8) is 0 Å².